The molecule has 5 heteroatoms. The number of benzene rings is 1. The van der Waals surface area contributed by atoms with Crippen LogP contribution in [0.15, 0.2) is 18.2 Å². The quantitative estimate of drug-likeness (QED) is 0.701. The highest BCUT2D eigenvalue weighted by Gasteiger charge is 2.18. The third-order valence-electron chi connectivity index (χ3n) is 2.56. The Labute approximate surface area is 98.2 Å². The van der Waals surface area contributed by atoms with Crippen LogP contribution in [-0.2, 0) is 0 Å². The second kappa shape index (κ2) is 4.65. The van der Waals surface area contributed by atoms with Gasteiger partial charge in [-0.1, -0.05) is 0 Å². The first-order valence-corrected chi connectivity index (χ1v) is 6.29. The first kappa shape index (κ1) is 11.1. The van der Waals surface area contributed by atoms with Crippen LogP contribution in [-0.4, -0.2) is 28.6 Å². The van der Waals surface area contributed by atoms with Gasteiger partial charge in [0.15, 0.2) is 0 Å². The van der Waals surface area contributed by atoms with Crippen LogP contribution in [0.3, 0.4) is 0 Å². The Morgan fingerprint density at radius 2 is 2.38 bits per heavy atom. The minimum absolute atomic E-state index is 0.283. The molecule has 4 N–H and O–H groups in total. The summed E-state index contributed by atoms with van der Waals surface area (Å²) in [4.78, 5) is 11.0. The monoisotopic (exact) mass is 238 g/mol. The molecule has 86 valence electrons. The summed E-state index contributed by atoms with van der Waals surface area (Å²) in [6.45, 7) is 0. The fourth-order valence-electron chi connectivity index (χ4n) is 1.74. The van der Waals surface area contributed by atoms with E-state index in [2.05, 4.69) is 5.32 Å². The molecule has 0 amide bonds. The SMILES string of the molecule is Nc1ccc(C(=O)O)c(NC2CCSC2)c1. The molecule has 1 fully saturated rings. The van der Waals surface area contributed by atoms with E-state index in [1.54, 1.807) is 18.2 Å². The van der Waals surface area contributed by atoms with Gasteiger partial charge < -0.3 is 16.2 Å². The van der Waals surface area contributed by atoms with Crippen molar-refractivity contribution >= 4 is 29.1 Å². The van der Waals surface area contributed by atoms with Crippen molar-refractivity contribution in [2.24, 2.45) is 0 Å². The molecule has 1 aromatic carbocycles. The highest BCUT2D eigenvalue weighted by molar-refractivity contribution is 7.99. The number of thioether (sulfide) groups is 1. The number of hydrogen-bond donors (Lipinski definition) is 3. The largest absolute Gasteiger partial charge is 0.478 e. The second-order valence-electron chi connectivity index (χ2n) is 3.82. The van der Waals surface area contributed by atoms with Crippen molar-refractivity contribution < 1.29 is 9.90 Å². The van der Waals surface area contributed by atoms with E-state index in [1.165, 1.54) is 0 Å². The maximum atomic E-state index is 11.0. The minimum atomic E-state index is -0.923. The summed E-state index contributed by atoms with van der Waals surface area (Å²) in [7, 11) is 0. The van der Waals surface area contributed by atoms with Crippen LogP contribution < -0.4 is 11.1 Å². The zero-order valence-corrected chi connectivity index (χ0v) is 9.59. The van der Waals surface area contributed by atoms with Crippen LogP contribution in [0.5, 0.6) is 0 Å². The van der Waals surface area contributed by atoms with Gasteiger partial charge in [-0.2, -0.15) is 11.8 Å². The number of carboxylic acids is 1. The number of aromatic carboxylic acids is 1. The first-order chi connectivity index (χ1) is 7.66. The maximum absolute atomic E-state index is 11.0. The lowest BCUT2D eigenvalue weighted by Gasteiger charge is -2.15. The van der Waals surface area contributed by atoms with Crippen LogP contribution in [0.1, 0.15) is 16.8 Å². The van der Waals surface area contributed by atoms with Crippen molar-refractivity contribution in [3.05, 3.63) is 23.8 Å². The summed E-state index contributed by atoms with van der Waals surface area (Å²) in [5.41, 5.74) is 7.15. The van der Waals surface area contributed by atoms with E-state index in [0.29, 0.717) is 17.4 Å². The van der Waals surface area contributed by atoms with Crippen molar-refractivity contribution in [2.45, 2.75) is 12.5 Å². The lowest BCUT2D eigenvalue weighted by atomic mass is 10.1. The van der Waals surface area contributed by atoms with Crippen molar-refractivity contribution in [1.82, 2.24) is 0 Å². The summed E-state index contributed by atoms with van der Waals surface area (Å²) in [6, 6.07) is 5.19. The molecule has 1 aliphatic rings. The third-order valence-corrected chi connectivity index (χ3v) is 3.73. The average Bonchev–Trinajstić information content (AvgIpc) is 2.70. The first-order valence-electron chi connectivity index (χ1n) is 5.14. The second-order valence-corrected chi connectivity index (χ2v) is 4.96. The van der Waals surface area contributed by atoms with Gasteiger partial charge in [0.25, 0.3) is 0 Å². The van der Waals surface area contributed by atoms with Gasteiger partial charge in [-0.15, -0.1) is 0 Å². The predicted octanol–water partition coefficient (Wildman–Crippen LogP) is 1.88. The fraction of sp³-hybridized carbons (Fsp3) is 0.364. The molecule has 0 aliphatic carbocycles. The molecule has 1 unspecified atom stereocenters. The molecule has 0 bridgehead atoms. The molecule has 16 heavy (non-hydrogen) atoms. The van der Waals surface area contributed by atoms with Crippen molar-refractivity contribution in [1.29, 1.82) is 0 Å². The van der Waals surface area contributed by atoms with Gasteiger partial charge in [-0.05, 0) is 30.4 Å². The molecule has 0 saturated carbocycles. The van der Waals surface area contributed by atoms with Crippen LogP contribution in [0.4, 0.5) is 11.4 Å². The van der Waals surface area contributed by atoms with Crippen LogP contribution in [0.25, 0.3) is 0 Å². The number of hydrogen-bond acceptors (Lipinski definition) is 4. The van der Waals surface area contributed by atoms with Crippen LogP contribution in [0, 0.1) is 0 Å². The van der Waals surface area contributed by atoms with Crippen molar-refractivity contribution in [3.63, 3.8) is 0 Å². The standard InChI is InChI=1S/C11H14N2O2S/c12-7-1-2-9(11(14)15)10(5-7)13-8-3-4-16-6-8/h1-2,5,8,13H,3-4,6,12H2,(H,14,15). The summed E-state index contributed by atoms with van der Waals surface area (Å²) in [5, 5.41) is 12.3. The van der Waals surface area contributed by atoms with Gasteiger partial charge in [-0.3, -0.25) is 0 Å². The Kier molecular flexibility index (Phi) is 3.24. The molecule has 1 heterocycles. The molecule has 0 spiro atoms. The molecular formula is C11H14N2O2S. The highest BCUT2D eigenvalue weighted by Crippen LogP contribution is 2.25. The van der Waals surface area contributed by atoms with E-state index in [1.807, 2.05) is 11.8 Å². The molecule has 2 rings (SSSR count). The normalized spacial score (nSPS) is 19.6. The topological polar surface area (TPSA) is 75.4 Å². The summed E-state index contributed by atoms with van der Waals surface area (Å²) in [5.74, 6) is 1.23. The molecule has 4 nitrogen and oxygen atoms in total. The number of nitrogens with two attached hydrogens (primary N) is 1. The summed E-state index contributed by atoms with van der Waals surface area (Å²) < 4.78 is 0. The molecule has 0 aromatic heterocycles. The Morgan fingerprint density at radius 1 is 1.56 bits per heavy atom. The number of carbonyl (C=O) groups is 1. The number of nitrogen functional groups attached to an aromatic ring is 1. The van der Waals surface area contributed by atoms with E-state index in [0.717, 1.165) is 17.9 Å². The van der Waals surface area contributed by atoms with E-state index in [4.69, 9.17) is 10.8 Å². The van der Waals surface area contributed by atoms with E-state index < -0.39 is 5.97 Å². The van der Waals surface area contributed by atoms with Gasteiger partial charge in [0.05, 0.1) is 11.3 Å². The summed E-state index contributed by atoms with van der Waals surface area (Å²) >= 11 is 1.88. The molecule has 1 aromatic rings. The van der Waals surface area contributed by atoms with E-state index in [9.17, 15) is 4.79 Å². The average molecular weight is 238 g/mol. The predicted molar refractivity (Wildman–Crippen MR) is 67.2 cm³/mol. The molecule has 1 atom stereocenters. The maximum Gasteiger partial charge on any atom is 0.337 e. The molecule has 1 aliphatic heterocycles. The third kappa shape index (κ3) is 2.41. The smallest absolute Gasteiger partial charge is 0.337 e. The lowest BCUT2D eigenvalue weighted by Crippen LogP contribution is -2.20. The Bertz CT molecular complexity index is 403. The van der Waals surface area contributed by atoms with Gasteiger partial charge in [0, 0.05) is 17.5 Å². The Morgan fingerprint density at radius 3 is 3.00 bits per heavy atom. The van der Waals surface area contributed by atoms with Crippen molar-refractivity contribution in [2.75, 3.05) is 22.6 Å². The van der Waals surface area contributed by atoms with E-state index >= 15 is 0 Å². The van der Waals surface area contributed by atoms with Crippen LogP contribution >= 0.6 is 11.8 Å². The number of nitrogens with one attached hydrogen (secondary N) is 1. The van der Waals surface area contributed by atoms with Crippen molar-refractivity contribution in [3.8, 4) is 0 Å². The number of rotatable bonds is 3. The highest BCUT2D eigenvalue weighted by atomic mass is 32.2. The zero-order valence-electron chi connectivity index (χ0n) is 8.77. The molecular weight excluding hydrogens is 224 g/mol. The molecule has 1 saturated heterocycles. The van der Waals surface area contributed by atoms with Gasteiger partial charge >= 0.3 is 5.97 Å². The van der Waals surface area contributed by atoms with Crippen LogP contribution in [0.2, 0.25) is 0 Å². The van der Waals surface area contributed by atoms with Gasteiger partial charge in [-0.25, -0.2) is 4.79 Å². The number of carboxylic acid groups (broad SMARTS) is 1. The fourth-order valence-corrected chi connectivity index (χ4v) is 2.89. The Balaban J connectivity index is 2.22. The summed E-state index contributed by atoms with van der Waals surface area (Å²) in [6.07, 6.45) is 1.07. The Hall–Kier alpha value is -1.36. The lowest BCUT2D eigenvalue weighted by molar-refractivity contribution is 0.0698. The van der Waals surface area contributed by atoms with E-state index in [-0.39, 0.29) is 5.56 Å². The van der Waals surface area contributed by atoms with Gasteiger partial charge in [0.2, 0.25) is 0 Å². The molecule has 0 radical (unpaired) electrons. The number of anilines is 2. The van der Waals surface area contributed by atoms with Gasteiger partial charge in [0.1, 0.15) is 0 Å². The zero-order chi connectivity index (χ0) is 11.5. The minimum Gasteiger partial charge on any atom is -0.478 e.